The van der Waals surface area contributed by atoms with Crippen molar-refractivity contribution in [2.45, 2.75) is 20.3 Å². The van der Waals surface area contributed by atoms with E-state index in [1.54, 1.807) is 13.8 Å². The van der Waals surface area contributed by atoms with Gasteiger partial charge in [0.1, 0.15) is 17.1 Å². The molecule has 6 nitrogen and oxygen atoms in total. The Kier molecular flexibility index (Phi) is 4.03. The fraction of sp³-hybridized carbons (Fsp3) is 0.364. The molecule has 0 bridgehead atoms. The van der Waals surface area contributed by atoms with E-state index in [0.29, 0.717) is 5.76 Å². The molecule has 0 aromatic carbocycles. The van der Waals surface area contributed by atoms with Crippen LogP contribution >= 0.6 is 0 Å². The average molecular weight is 239 g/mol. The number of carbonyl (C=O) groups excluding carboxylic acids is 1. The second-order valence-electron chi connectivity index (χ2n) is 3.36. The van der Waals surface area contributed by atoms with E-state index in [4.69, 9.17) is 4.42 Å². The summed E-state index contributed by atoms with van der Waals surface area (Å²) in [4.78, 5) is 21.4. The third-order valence-corrected chi connectivity index (χ3v) is 2.25. The van der Waals surface area contributed by atoms with Crippen LogP contribution in [0, 0.1) is 17.0 Å². The first-order valence-corrected chi connectivity index (χ1v) is 5.03. The van der Waals surface area contributed by atoms with E-state index < -0.39 is 10.9 Å². The largest absolute Gasteiger partial charge is 0.465 e. The van der Waals surface area contributed by atoms with Crippen LogP contribution in [0.5, 0.6) is 0 Å². The van der Waals surface area contributed by atoms with Crippen molar-refractivity contribution in [3.63, 3.8) is 0 Å². The van der Waals surface area contributed by atoms with Gasteiger partial charge >= 0.3 is 5.97 Å². The summed E-state index contributed by atoms with van der Waals surface area (Å²) in [5, 5.41) is 10.6. The predicted octanol–water partition coefficient (Wildman–Crippen LogP) is 2.40. The van der Waals surface area contributed by atoms with Gasteiger partial charge in [-0.2, -0.15) is 0 Å². The van der Waals surface area contributed by atoms with E-state index in [1.807, 2.05) is 0 Å². The number of aryl methyl sites for hydroxylation is 1. The summed E-state index contributed by atoms with van der Waals surface area (Å²) in [5.41, 5.74) is 0.299. The third-order valence-electron chi connectivity index (χ3n) is 2.25. The van der Waals surface area contributed by atoms with Crippen LogP contribution in [0.15, 0.2) is 16.2 Å². The number of rotatable bonds is 4. The highest BCUT2D eigenvalue weighted by atomic mass is 16.6. The van der Waals surface area contributed by atoms with Gasteiger partial charge in [-0.15, -0.1) is 0 Å². The van der Waals surface area contributed by atoms with Gasteiger partial charge in [-0.25, -0.2) is 4.79 Å². The van der Waals surface area contributed by atoms with E-state index in [9.17, 15) is 14.9 Å². The smallest absolute Gasteiger partial charge is 0.341 e. The van der Waals surface area contributed by atoms with Crippen molar-refractivity contribution in [1.29, 1.82) is 0 Å². The third kappa shape index (κ3) is 2.93. The molecule has 17 heavy (non-hydrogen) atoms. The Balaban J connectivity index is 3.09. The van der Waals surface area contributed by atoms with Gasteiger partial charge < -0.3 is 9.15 Å². The first-order valence-electron chi connectivity index (χ1n) is 5.03. The number of allylic oxidation sites excluding steroid dienone is 1. The number of furan rings is 1. The summed E-state index contributed by atoms with van der Waals surface area (Å²) in [7, 11) is 1.26. The molecule has 92 valence electrons. The molecule has 0 fully saturated rings. The van der Waals surface area contributed by atoms with Crippen molar-refractivity contribution < 1.29 is 18.9 Å². The summed E-state index contributed by atoms with van der Waals surface area (Å²) >= 11 is 0. The van der Waals surface area contributed by atoms with Gasteiger partial charge in [0.05, 0.1) is 18.1 Å². The molecular formula is C11H13NO5. The molecule has 1 aromatic rings. The minimum Gasteiger partial charge on any atom is -0.465 e. The molecule has 1 heterocycles. The lowest BCUT2D eigenvalue weighted by Gasteiger charge is -1.93. The van der Waals surface area contributed by atoms with Gasteiger partial charge in [-0.1, -0.05) is 6.92 Å². The maximum absolute atomic E-state index is 11.3. The van der Waals surface area contributed by atoms with Crippen LogP contribution < -0.4 is 0 Å². The van der Waals surface area contributed by atoms with Gasteiger partial charge in [0.15, 0.2) is 0 Å². The fourth-order valence-corrected chi connectivity index (χ4v) is 1.34. The zero-order chi connectivity index (χ0) is 13.0. The Morgan fingerprint density at radius 2 is 2.29 bits per heavy atom. The number of ether oxygens (including phenoxy) is 1. The van der Waals surface area contributed by atoms with Crippen molar-refractivity contribution in [2.24, 2.45) is 0 Å². The Bertz CT molecular complexity index is 472. The molecule has 0 aliphatic carbocycles. The van der Waals surface area contributed by atoms with E-state index in [-0.39, 0.29) is 23.4 Å². The lowest BCUT2D eigenvalue weighted by atomic mass is 10.2. The predicted molar refractivity (Wildman–Crippen MR) is 60.0 cm³/mol. The van der Waals surface area contributed by atoms with Crippen LogP contribution in [0.25, 0.3) is 6.08 Å². The van der Waals surface area contributed by atoms with Crippen LogP contribution in [-0.4, -0.2) is 18.0 Å². The summed E-state index contributed by atoms with van der Waals surface area (Å²) in [6.45, 7) is 3.27. The minimum absolute atomic E-state index is 0.0233. The van der Waals surface area contributed by atoms with Crippen LogP contribution in [-0.2, 0) is 4.74 Å². The fourth-order valence-electron chi connectivity index (χ4n) is 1.34. The standard InChI is InChI=1S/C11H13NO5/c1-4-8(12(14)15)5-9-6-10(7(2)17-9)11(13)16-3/h5-6H,4H2,1-3H3. The number of carbonyl (C=O) groups is 1. The second kappa shape index (κ2) is 5.29. The molecule has 1 rings (SSSR count). The molecule has 0 unspecified atom stereocenters. The first kappa shape index (κ1) is 13.0. The Labute approximate surface area is 98.0 Å². The van der Waals surface area contributed by atoms with Crippen molar-refractivity contribution in [1.82, 2.24) is 0 Å². The molecular weight excluding hydrogens is 226 g/mol. The Hall–Kier alpha value is -2.11. The highest BCUT2D eigenvalue weighted by Crippen LogP contribution is 2.19. The molecule has 0 spiro atoms. The van der Waals surface area contributed by atoms with Gasteiger partial charge in [0, 0.05) is 6.42 Å². The molecule has 0 saturated carbocycles. The van der Waals surface area contributed by atoms with Crippen LogP contribution in [0.1, 0.15) is 35.2 Å². The van der Waals surface area contributed by atoms with E-state index in [0.717, 1.165) is 0 Å². The van der Waals surface area contributed by atoms with Gasteiger partial charge in [-0.05, 0) is 13.0 Å². The lowest BCUT2D eigenvalue weighted by Crippen LogP contribution is -2.00. The highest BCUT2D eigenvalue weighted by molar-refractivity contribution is 5.91. The number of nitrogens with zero attached hydrogens (tertiary/aromatic N) is 1. The maximum Gasteiger partial charge on any atom is 0.341 e. The number of hydrogen-bond donors (Lipinski definition) is 0. The van der Waals surface area contributed by atoms with E-state index >= 15 is 0 Å². The molecule has 0 aliphatic heterocycles. The van der Waals surface area contributed by atoms with E-state index in [2.05, 4.69) is 4.74 Å². The normalized spacial score (nSPS) is 11.4. The number of esters is 1. The quantitative estimate of drug-likeness (QED) is 0.457. The molecule has 0 amide bonds. The number of hydrogen-bond acceptors (Lipinski definition) is 5. The maximum atomic E-state index is 11.3. The van der Waals surface area contributed by atoms with Crippen molar-refractivity contribution in [3.8, 4) is 0 Å². The monoisotopic (exact) mass is 239 g/mol. The minimum atomic E-state index is -0.523. The van der Waals surface area contributed by atoms with Crippen molar-refractivity contribution in [3.05, 3.63) is 39.0 Å². The topological polar surface area (TPSA) is 82.6 Å². The highest BCUT2D eigenvalue weighted by Gasteiger charge is 2.16. The van der Waals surface area contributed by atoms with Gasteiger partial charge in [-0.3, -0.25) is 10.1 Å². The van der Waals surface area contributed by atoms with Crippen molar-refractivity contribution >= 4 is 12.0 Å². The van der Waals surface area contributed by atoms with Crippen LogP contribution in [0.3, 0.4) is 0 Å². The van der Waals surface area contributed by atoms with Crippen LogP contribution in [0.2, 0.25) is 0 Å². The van der Waals surface area contributed by atoms with Crippen molar-refractivity contribution in [2.75, 3.05) is 7.11 Å². The zero-order valence-corrected chi connectivity index (χ0v) is 9.85. The molecule has 1 aromatic heterocycles. The second-order valence-corrected chi connectivity index (χ2v) is 3.36. The van der Waals surface area contributed by atoms with Crippen LogP contribution in [0.4, 0.5) is 0 Å². The van der Waals surface area contributed by atoms with Gasteiger partial charge in [0.25, 0.3) is 0 Å². The van der Waals surface area contributed by atoms with Gasteiger partial charge in [0.2, 0.25) is 5.70 Å². The molecule has 0 N–H and O–H groups in total. The Morgan fingerprint density at radius 1 is 1.65 bits per heavy atom. The zero-order valence-electron chi connectivity index (χ0n) is 9.85. The molecule has 0 saturated heterocycles. The summed E-state index contributed by atoms with van der Waals surface area (Å²) in [5.74, 6) is 0.128. The number of methoxy groups -OCH3 is 1. The SMILES string of the molecule is CCC(=Cc1cc(C(=O)OC)c(C)o1)[N+](=O)[O-]. The molecule has 6 heteroatoms. The van der Waals surface area contributed by atoms with E-state index in [1.165, 1.54) is 19.3 Å². The Morgan fingerprint density at radius 3 is 2.76 bits per heavy atom. The molecule has 0 atom stereocenters. The first-order chi connectivity index (χ1) is 7.99. The average Bonchev–Trinajstić information content (AvgIpc) is 2.65. The summed E-state index contributed by atoms with van der Waals surface area (Å²) in [6, 6.07) is 1.43. The molecule has 0 aliphatic rings. The summed E-state index contributed by atoms with van der Waals surface area (Å²) < 4.78 is 9.79. The summed E-state index contributed by atoms with van der Waals surface area (Å²) in [6.07, 6.45) is 1.58. The molecule has 0 radical (unpaired) electrons. The lowest BCUT2D eigenvalue weighted by molar-refractivity contribution is -0.425. The number of nitro groups is 1.